The quantitative estimate of drug-likeness (QED) is 0.433. The molecule has 2 aromatic carbocycles. The number of aryl methyl sites for hydroxylation is 1. The third kappa shape index (κ3) is 6.45. The number of nitrogens with zero attached hydrogens (tertiary/aromatic N) is 1. The van der Waals surface area contributed by atoms with Crippen molar-refractivity contribution in [3.05, 3.63) is 59.2 Å². The van der Waals surface area contributed by atoms with E-state index in [1.807, 2.05) is 36.4 Å². The molecule has 0 unspecified atom stereocenters. The van der Waals surface area contributed by atoms with Crippen LogP contribution in [0.25, 0.3) is 0 Å². The molecular weight excluding hydrogens is 389 g/mol. The molecule has 0 aliphatic heterocycles. The zero-order valence-electron chi connectivity index (χ0n) is 14.4. The number of aliphatic imine (C=N–C) groups is 1. The van der Waals surface area contributed by atoms with Gasteiger partial charge in [-0.1, -0.05) is 43.5 Å². The first-order chi connectivity index (χ1) is 12.2. The van der Waals surface area contributed by atoms with E-state index in [0.717, 1.165) is 16.8 Å². The fourth-order valence-corrected chi connectivity index (χ4v) is 3.32. The molecule has 0 heterocycles. The fraction of sp³-hybridized carbons (Fsp3) is 0.350. The number of halogens is 2. The van der Waals surface area contributed by atoms with Crippen LogP contribution in [0.3, 0.4) is 0 Å². The number of hydrogen-bond acceptors (Lipinski definition) is 2. The average molecular weight is 412 g/mol. The van der Waals surface area contributed by atoms with Gasteiger partial charge in [-0.3, -0.25) is 4.99 Å². The number of phenolic OH excluding ortho intramolecular Hbond substituents is 1. The molecule has 132 valence electrons. The predicted octanol–water partition coefficient (Wildman–Crippen LogP) is 6.88. The van der Waals surface area contributed by atoms with E-state index >= 15 is 0 Å². The van der Waals surface area contributed by atoms with E-state index in [2.05, 4.69) is 18.0 Å². The van der Waals surface area contributed by atoms with Gasteiger partial charge in [-0.15, -0.1) is 0 Å². The minimum absolute atomic E-state index is 0.414. The number of benzene rings is 2. The Morgan fingerprint density at radius 3 is 2.36 bits per heavy atom. The number of hydrogen-bond donors (Lipinski definition) is 1. The van der Waals surface area contributed by atoms with Crippen LogP contribution in [-0.4, -0.2) is 11.3 Å². The molecule has 0 saturated heterocycles. The summed E-state index contributed by atoms with van der Waals surface area (Å²) in [4.78, 5) is 4.48. The van der Waals surface area contributed by atoms with Gasteiger partial charge in [0.1, 0.15) is 5.75 Å². The van der Waals surface area contributed by atoms with Crippen molar-refractivity contribution in [1.29, 1.82) is 0 Å². The van der Waals surface area contributed by atoms with E-state index < -0.39 is 17.0 Å². The van der Waals surface area contributed by atoms with Crippen molar-refractivity contribution >= 4 is 30.5 Å². The zero-order chi connectivity index (χ0) is 18.1. The fourth-order valence-electron chi connectivity index (χ4n) is 3.32. The molecule has 0 radical (unpaired) electrons. The summed E-state index contributed by atoms with van der Waals surface area (Å²) < 4.78 is 0. The Morgan fingerprint density at radius 1 is 1.08 bits per heavy atom. The molecule has 0 bridgehead atoms. The van der Waals surface area contributed by atoms with Crippen LogP contribution >= 0.6 is 18.6 Å². The number of aromatic hydroxyl groups is 1. The van der Waals surface area contributed by atoms with Crippen molar-refractivity contribution in [2.75, 3.05) is 0 Å². The van der Waals surface area contributed by atoms with E-state index in [1.165, 1.54) is 37.7 Å². The van der Waals surface area contributed by atoms with Gasteiger partial charge in [-0.25, -0.2) is 0 Å². The van der Waals surface area contributed by atoms with Gasteiger partial charge in [-0.2, -0.15) is 0 Å². The Morgan fingerprint density at radius 2 is 1.72 bits per heavy atom. The molecule has 1 fully saturated rings. The number of para-hydroxylation sites is 1. The second kappa shape index (κ2) is 11.0. The summed E-state index contributed by atoms with van der Waals surface area (Å²) in [5.74, 6) is 0.912. The second-order valence-electron chi connectivity index (χ2n) is 6.29. The molecule has 0 spiro atoms. The SMILES string of the molecule is Cc1cc(C=Nc2ccccc2)c(O)c(C2CCCCC2)c1.[Cl][Ti][Cl]. The van der Waals surface area contributed by atoms with Crippen LogP contribution in [-0.2, 0) is 17.0 Å². The summed E-state index contributed by atoms with van der Waals surface area (Å²) >= 11 is -0.556. The molecule has 1 saturated carbocycles. The maximum absolute atomic E-state index is 10.7. The minimum atomic E-state index is -0.556. The summed E-state index contributed by atoms with van der Waals surface area (Å²) in [6.45, 7) is 2.09. The van der Waals surface area contributed by atoms with Crippen molar-refractivity contribution in [2.24, 2.45) is 4.99 Å². The van der Waals surface area contributed by atoms with Gasteiger partial charge in [-0.05, 0) is 55.0 Å². The average Bonchev–Trinajstić information content (AvgIpc) is 2.64. The van der Waals surface area contributed by atoms with Crippen LogP contribution in [0.4, 0.5) is 5.69 Å². The van der Waals surface area contributed by atoms with Crippen LogP contribution in [0.1, 0.15) is 54.7 Å². The normalized spacial score (nSPS) is 14.8. The molecule has 5 heteroatoms. The van der Waals surface area contributed by atoms with Crippen LogP contribution in [0, 0.1) is 6.92 Å². The third-order valence-corrected chi connectivity index (χ3v) is 4.47. The zero-order valence-corrected chi connectivity index (χ0v) is 17.5. The van der Waals surface area contributed by atoms with Crippen molar-refractivity contribution < 1.29 is 22.1 Å². The van der Waals surface area contributed by atoms with Crippen LogP contribution < -0.4 is 0 Å². The van der Waals surface area contributed by atoms with Gasteiger partial charge in [0.15, 0.2) is 0 Å². The summed E-state index contributed by atoms with van der Waals surface area (Å²) in [7, 11) is 9.78. The first-order valence-corrected chi connectivity index (χ1v) is 12.8. The van der Waals surface area contributed by atoms with Gasteiger partial charge in [0.05, 0.1) is 5.69 Å². The molecular formula is C20H23Cl2NOTi. The van der Waals surface area contributed by atoms with Gasteiger partial charge in [0, 0.05) is 11.8 Å². The summed E-state index contributed by atoms with van der Waals surface area (Å²) in [6, 6.07) is 14.0. The number of phenols is 1. The second-order valence-corrected chi connectivity index (χ2v) is 8.87. The van der Waals surface area contributed by atoms with Crippen LogP contribution in [0.15, 0.2) is 47.5 Å². The maximum atomic E-state index is 10.7. The van der Waals surface area contributed by atoms with Crippen LogP contribution in [0.5, 0.6) is 5.75 Å². The van der Waals surface area contributed by atoms with E-state index in [9.17, 15) is 5.11 Å². The third-order valence-electron chi connectivity index (χ3n) is 4.47. The summed E-state index contributed by atoms with van der Waals surface area (Å²) in [6.07, 6.45) is 8.02. The van der Waals surface area contributed by atoms with E-state index in [-0.39, 0.29) is 0 Å². The van der Waals surface area contributed by atoms with E-state index in [0.29, 0.717) is 11.7 Å². The van der Waals surface area contributed by atoms with Crippen molar-refractivity contribution in [2.45, 2.75) is 44.9 Å². The van der Waals surface area contributed by atoms with Crippen molar-refractivity contribution in [3.63, 3.8) is 0 Å². The summed E-state index contributed by atoms with van der Waals surface area (Å²) in [5.41, 5.74) is 4.02. The van der Waals surface area contributed by atoms with Gasteiger partial charge in [0.25, 0.3) is 0 Å². The monoisotopic (exact) mass is 411 g/mol. The molecule has 25 heavy (non-hydrogen) atoms. The Bertz CT molecular complexity index is 686. The first kappa shape index (κ1) is 20.5. The Labute approximate surface area is 167 Å². The molecule has 1 aliphatic rings. The van der Waals surface area contributed by atoms with Crippen LogP contribution in [0.2, 0.25) is 0 Å². The molecule has 2 aromatic rings. The molecule has 0 amide bonds. The summed E-state index contributed by atoms with van der Waals surface area (Å²) in [5, 5.41) is 10.7. The Balaban J connectivity index is 0.000000701. The molecule has 3 rings (SSSR count). The van der Waals surface area contributed by atoms with E-state index in [1.54, 1.807) is 6.21 Å². The molecule has 1 aliphatic carbocycles. The molecule has 0 aromatic heterocycles. The Kier molecular flexibility index (Phi) is 9.05. The molecule has 1 N–H and O–H groups in total. The Hall–Kier alpha value is -0.796. The topological polar surface area (TPSA) is 32.6 Å². The van der Waals surface area contributed by atoms with Crippen molar-refractivity contribution in [3.8, 4) is 5.75 Å². The first-order valence-electron chi connectivity index (χ1n) is 8.54. The standard InChI is InChI=1S/C20H23NO.2ClH.Ti/c1-15-12-17(14-21-18-10-6-3-7-11-18)20(22)19(13-15)16-8-4-2-5-9-16;;;/h3,6-7,10-14,16,22H,2,4-5,8-9H2,1H3;2*1H;/q;;;+2/p-2. The number of rotatable bonds is 3. The predicted molar refractivity (Wildman–Crippen MR) is 104 cm³/mol. The van der Waals surface area contributed by atoms with Crippen molar-refractivity contribution in [1.82, 2.24) is 0 Å². The van der Waals surface area contributed by atoms with Gasteiger partial charge < -0.3 is 5.11 Å². The van der Waals surface area contributed by atoms with Gasteiger partial charge >= 0.3 is 35.6 Å². The van der Waals surface area contributed by atoms with Gasteiger partial charge in [0.2, 0.25) is 0 Å². The molecule has 0 atom stereocenters. The molecule has 2 nitrogen and oxygen atoms in total. The van der Waals surface area contributed by atoms with E-state index in [4.69, 9.17) is 18.6 Å².